The van der Waals surface area contributed by atoms with Gasteiger partial charge in [0.25, 0.3) is 5.91 Å². The second-order valence-electron chi connectivity index (χ2n) is 4.02. The predicted octanol–water partition coefficient (Wildman–Crippen LogP) is 1.93. The van der Waals surface area contributed by atoms with E-state index in [0.717, 1.165) is 19.4 Å². The SMILES string of the molecule is COc1cnccc1C(=O)N1CCCC1CCl. The van der Waals surface area contributed by atoms with Crippen molar-refractivity contribution in [3.63, 3.8) is 0 Å². The number of aromatic nitrogens is 1. The molecule has 1 aliphatic heterocycles. The minimum atomic E-state index is -0.0209. The van der Waals surface area contributed by atoms with Crippen molar-refractivity contribution in [2.75, 3.05) is 19.5 Å². The number of hydrogen-bond donors (Lipinski definition) is 0. The normalized spacial score (nSPS) is 19.4. The van der Waals surface area contributed by atoms with E-state index in [-0.39, 0.29) is 11.9 Å². The number of pyridine rings is 1. The predicted molar refractivity (Wildman–Crippen MR) is 65.6 cm³/mol. The highest BCUT2D eigenvalue weighted by Gasteiger charge is 2.30. The quantitative estimate of drug-likeness (QED) is 0.774. The van der Waals surface area contributed by atoms with Crippen molar-refractivity contribution in [3.05, 3.63) is 24.0 Å². The Bertz CT molecular complexity index is 411. The molecule has 1 saturated heterocycles. The van der Waals surface area contributed by atoms with E-state index < -0.39 is 0 Å². The van der Waals surface area contributed by atoms with Crippen LogP contribution >= 0.6 is 11.6 Å². The molecular formula is C12H15ClN2O2. The molecule has 1 aromatic heterocycles. The van der Waals surface area contributed by atoms with E-state index in [4.69, 9.17) is 16.3 Å². The molecule has 1 unspecified atom stereocenters. The van der Waals surface area contributed by atoms with Crippen LogP contribution in [0.3, 0.4) is 0 Å². The zero-order chi connectivity index (χ0) is 12.3. The first-order valence-corrected chi connectivity index (χ1v) is 6.16. The number of hydrogen-bond acceptors (Lipinski definition) is 3. The fraction of sp³-hybridized carbons (Fsp3) is 0.500. The van der Waals surface area contributed by atoms with Gasteiger partial charge in [-0.15, -0.1) is 11.6 Å². The highest BCUT2D eigenvalue weighted by Crippen LogP contribution is 2.24. The number of methoxy groups -OCH3 is 1. The zero-order valence-corrected chi connectivity index (χ0v) is 10.5. The van der Waals surface area contributed by atoms with Gasteiger partial charge in [0.1, 0.15) is 5.75 Å². The Kier molecular flexibility index (Phi) is 3.84. The maximum Gasteiger partial charge on any atom is 0.258 e. The average molecular weight is 255 g/mol. The van der Waals surface area contributed by atoms with Gasteiger partial charge in [0.2, 0.25) is 0 Å². The number of carbonyl (C=O) groups excluding carboxylic acids is 1. The standard InChI is InChI=1S/C12H15ClN2O2/c1-17-11-8-14-5-4-10(11)12(16)15-6-2-3-9(15)7-13/h4-5,8-9H,2-3,6-7H2,1H3. The van der Waals surface area contributed by atoms with Crippen LogP contribution in [0.4, 0.5) is 0 Å². The molecule has 2 rings (SSSR count). The van der Waals surface area contributed by atoms with Gasteiger partial charge in [-0.2, -0.15) is 0 Å². The van der Waals surface area contributed by atoms with E-state index in [1.807, 2.05) is 4.90 Å². The Hall–Kier alpha value is -1.29. The molecule has 0 N–H and O–H groups in total. The lowest BCUT2D eigenvalue weighted by Gasteiger charge is -2.23. The second kappa shape index (κ2) is 5.36. The summed E-state index contributed by atoms with van der Waals surface area (Å²) in [6.45, 7) is 0.766. The highest BCUT2D eigenvalue weighted by atomic mass is 35.5. The third-order valence-corrected chi connectivity index (χ3v) is 3.41. The molecule has 0 aromatic carbocycles. The van der Waals surface area contributed by atoms with Crippen molar-refractivity contribution in [1.82, 2.24) is 9.88 Å². The van der Waals surface area contributed by atoms with Crippen molar-refractivity contribution in [1.29, 1.82) is 0 Å². The van der Waals surface area contributed by atoms with Gasteiger partial charge in [-0.05, 0) is 18.9 Å². The molecule has 2 heterocycles. The Morgan fingerprint density at radius 1 is 1.71 bits per heavy atom. The van der Waals surface area contributed by atoms with Crippen LogP contribution in [0.15, 0.2) is 18.5 Å². The Morgan fingerprint density at radius 2 is 2.53 bits per heavy atom. The maximum atomic E-state index is 12.4. The van der Waals surface area contributed by atoms with Gasteiger partial charge in [-0.1, -0.05) is 0 Å². The van der Waals surface area contributed by atoms with Crippen LogP contribution in [0.1, 0.15) is 23.2 Å². The van der Waals surface area contributed by atoms with Crippen molar-refractivity contribution in [3.8, 4) is 5.75 Å². The Labute approximate surface area is 106 Å². The van der Waals surface area contributed by atoms with Crippen LogP contribution in [-0.2, 0) is 0 Å². The molecule has 0 aliphatic carbocycles. The van der Waals surface area contributed by atoms with Crippen LogP contribution < -0.4 is 4.74 Å². The summed E-state index contributed by atoms with van der Waals surface area (Å²) in [5.41, 5.74) is 0.555. The lowest BCUT2D eigenvalue weighted by atomic mass is 10.2. The van der Waals surface area contributed by atoms with Crippen LogP contribution in [0.2, 0.25) is 0 Å². The molecule has 1 atom stereocenters. The largest absolute Gasteiger partial charge is 0.494 e. The summed E-state index contributed by atoms with van der Waals surface area (Å²) in [6.07, 6.45) is 5.14. The first-order chi connectivity index (χ1) is 8.27. The number of likely N-dealkylation sites (tertiary alicyclic amines) is 1. The molecule has 4 nitrogen and oxygen atoms in total. The van der Waals surface area contributed by atoms with Gasteiger partial charge in [-0.25, -0.2) is 0 Å². The molecule has 17 heavy (non-hydrogen) atoms. The monoisotopic (exact) mass is 254 g/mol. The number of rotatable bonds is 3. The molecule has 1 amide bonds. The molecular weight excluding hydrogens is 240 g/mol. The Morgan fingerprint density at radius 3 is 3.24 bits per heavy atom. The first-order valence-electron chi connectivity index (χ1n) is 5.63. The molecule has 0 radical (unpaired) electrons. The van der Waals surface area contributed by atoms with E-state index in [0.29, 0.717) is 17.2 Å². The zero-order valence-electron chi connectivity index (χ0n) is 9.73. The molecule has 0 bridgehead atoms. The van der Waals surface area contributed by atoms with Gasteiger partial charge in [0.05, 0.1) is 18.9 Å². The summed E-state index contributed by atoms with van der Waals surface area (Å²) in [7, 11) is 1.54. The third-order valence-electron chi connectivity index (χ3n) is 3.05. The van der Waals surface area contributed by atoms with E-state index in [1.54, 1.807) is 18.5 Å². The number of carbonyl (C=O) groups is 1. The third kappa shape index (κ3) is 2.36. The number of amides is 1. The van der Waals surface area contributed by atoms with Crippen molar-refractivity contribution in [2.45, 2.75) is 18.9 Å². The first kappa shape index (κ1) is 12.2. The van der Waals surface area contributed by atoms with Gasteiger partial charge < -0.3 is 9.64 Å². The van der Waals surface area contributed by atoms with Crippen LogP contribution in [0.5, 0.6) is 5.75 Å². The minimum Gasteiger partial charge on any atom is -0.494 e. The smallest absolute Gasteiger partial charge is 0.258 e. The fourth-order valence-corrected chi connectivity index (χ4v) is 2.46. The summed E-state index contributed by atoms with van der Waals surface area (Å²) in [5, 5.41) is 0. The second-order valence-corrected chi connectivity index (χ2v) is 4.33. The van der Waals surface area contributed by atoms with E-state index in [9.17, 15) is 4.79 Å². The van der Waals surface area contributed by atoms with E-state index in [2.05, 4.69) is 4.98 Å². The highest BCUT2D eigenvalue weighted by molar-refractivity contribution is 6.18. The van der Waals surface area contributed by atoms with Gasteiger partial charge in [0.15, 0.2) is 0 Å². The number of ether oxygens (including phenoxy) is 1. The summed E-state index contributed by atoms with van der Waals surface area (Å²) in [4.78, 5) is 18.1. The van der Waals surface area contributed by atoms with Gasteiger partial charge >= 0.3 is 0 Å². The number of alkyl halides is 1. The van der Waals surface area contributed by atoms with Crippen molar-refractivity contribution >= 4 is 17.5 Å². The molecule has 1 aromatic rings. The van der Waals surface area contributed by atoms with E-state index >= 15 is 0 Å². The summed E-state index contributed by atoms with van der Waals surface area (Å²) in [6, 6.07) is 1.83. The maximum absolute atomic E-state index is 12.4. The topological polar surface area (TPSA) is 42.4 Å². The van der Waals surface area contributed by atoms with Crippen molar-refractivity contribution in [2.24, 2.45) is 0 Å². The summed E-state index contributed by atoms with van der Waals surface area (Å²) < 4.78 is 5.15. The molecule has 0 saturated carbocycles. The number of nitrogens with zero attached hydrogens (tertiary/aromatic N) is 2. The van der Waals surface area contributed by atoms with Crippen LogP contribution in [0.25, 0.3) is 0 Å². The van der Waals surface area contributed by atoms with Gasteiger partial charge in [0, 0.05) is 24.7 Å². The van der Waals surface area contributed by atoms with Gasteiger partial charge in [-0.3, -0.25) is 9.78 Å². The molecule has 1 fully saturated rings. The number of halogens is 1. The molecule has 0 spiro atoms. The summed E-state index contributed by atoms with van der Waals surface area (Å²) >= 11 is 5.87. The van der Waals surface area contributed by atoms with Crippen LogP contribution in [-0.4, -0.2) is 41.4 Å². The lowest BCUT2D eigenvalue weighted by Crippen LogP contribution is -2.36. The average Bonchev–Trinajstić information content (AvgIpc) is 2.86. The molecule has 1 aliphatic rings. The lowest BCUT2D eigenvalue weighted by molar-refractivity contribution is 0.0745. The van der Waals surface area contributed by atoms with Crippen LogP contribution in [0, 0.1) is 0 Å². The molecule has 92 valence electrons. The van der Waals surface area contributed by atoms with Crippen molar-refractivity contribution < 1.29 is 9.53 Å². The Balaban J connectivity index is 2.24. The van der Waals surface area contributed by atoms with E-state index in [1.165, 1.54) is 7.11 Å². The fourth-order valence-electron chi connectivity index (χ4n) is 2.14. The summed E-state index contributed by atoms with van der Waals surface area (Å²) in [5.74, 6) is 0.976. The molecule has 5 heteroatoms. The minimum absolute atomic E-state index is 0.0209.